The number of amides is 6. The van der Waals surface area contributed by atoms with Crippen LogP contribution in [0.5, 0.6) is 0 Å². The quantitative estimate of drug-likeness (QED) is 0.0349. The second-order valence-corrected chi connectivity index (χ2v) is 36.8. The number of hydrogen-bond acceptors (Lipinski definition) is 8. The molecule has 3 saturated heterocycles. The number of guanidine groups is 2. The van der Waals surface area contributed by atoms with Gasteiger partial charge in [0.2, 0.25) is 11.9 Å². The Labute approximate surface area is 700 Å². The van der Waals surface area contributed by atoms with Gasteiger partial charge in [0.15, 0.2) is 0 Å². The Balaban J connectivity index is 0.887. The van der Waals surface area contributed by atoms with Crippen molar-refractivity contribution in [3.63, 3.8) is 0 Å². The zero-order valence-electron chi connectivity index (χ0n) is 75.5. The molecule has 17 heteroatoms. The van der Waals surface area contributed by atoms with Gasteiger partial charge in [-0.15, -0.1) is 0 Å². The Morgan fingerprint density at radius 3 is 0.701 bits per heavy atom. The summed E-state index contributed by atoms with van der Waals surface area (Å²) in [5, 5.41) is 0. The van der Waals surface area contributed by atoms with Crippen LogP contribution in [0.2, 0.25) is 0 Å². The summed E-state index contributed by atoms with van der Waals surface area (Å²) in [6.45, 7) is 54.3. The summed E-state index contributed by atoms with van der Waals surface area (Å²) in [5.74, 6) is 4.42. The number of urea groups is 3. The molecule has 17 nitrogen and oxygen atoms in total. The van der Waals surface area contributed by atoms with Gasteiger partial charge in [0.1, 0.15) is 5.82 Å². The van der Waals surface area contributed by atoms with Crippen molar-refractivity contribution in [2.45, 2.75) is 334 Å². The lowest BCUT2D eigenvalue weighted by molar-refractivity contribution is 0.196. The van der Waals surface area contributed by atoms with Gasteiger partial charge in [0, 0.05) is 39.3 Å². The summed E-state index contributed by atoms with van der Waals surface area (Å²) in [6, 6.07) is 38.3. The first-order chi connectivity index (χ1) is 55.6. The fourth-order valence-corrected chi connectivity index (χ4v) is 17.3. The van der Waals surface area contributed by atoms with Crippen LogP contribution in [0.15, 0.2) is 139 Å². The fourth-order valence-electron chi connectivity index (χ4n) is 17.3. The SMILES string of the molecule is CC(C)c1cccc(C(C)C)c1/C=C1\N(CCCCCCn2c(=O)n(CCCCCCN3C(=O)N(c4c(C(C)C)cccc4C(C)C)C3=Nc3c(C(C)C)cccc3C(C)C)c(=O)n(CCCCCCN3C(=O)N(c4c(C(C)C)cccc4C(C)C)/C3=N/c3c(C(C)C)cccc3C(C)C)c2=O)C(=O)N1c1c(C(C)C)cccc1C(C)C. The van der Waals surface area contributed by atoms with Gasteiger partial charge in [-0.25, -0.2) is 67.2 Å². The van der Waals surface area contributed by atoms with Crippen molar-refractivity contribution in [2.24, 2.45) is 9.98 Å². The average molecular weight is 1590 g/mol. The van der Waals surface area contributed by atoms with E-state index in [0.29, 0.717) is 89.3 Å². The summed E-state index contributed by atoms with van der Waals surface area (Å²) in [7, 11) is 0. The number of hydrogen-bond donors (Lipinski definition) is 0. The van der Waals surface area contributed by atoms with Crippen LogP contribution in [0.1, 0.15) is 387 Å². The molecule has 3 aliphatic heterocycles. The normalized spacial score (nSPS) is 15.3. The van der Waals surface area contributed by atoms with Crippen molar-refractivity contribution < 1.29 is 14.4 Å². The molecular weight excluding hydrogens is 1450 g/mol. The molecule has 6 amide bonds. The van der Waals surface area contributed by atoms with Crippen LogP contribution in [-0.2, 0) is 19.6 Å². The first-order valence-electron chi connectivity index (χ1n) is 44.6. The van der Waals surface area contributed by atoms with Crippen molar-refractivity contribution in [1.82, 2.24) is 28.4 Å². The Hall–Kier alpha value is -9.38. The highest BCUT2D eigenvalue weighted by molar-refractivity contribution is 6.32. The van der Waals surface area contributed by atoms with Crippen LogP contribution >= 0.6 is 0 Å². The lowest BCUT2D eigenvalue weighted by atomic mass is 9.87. The van der Waals surface area contributed by atoms with Crippen molar-refractivity contribution in [2.75, 3.05) is 34.3 Å². The van der Waals surface area contributed by atoms with Gasteiger partial charge >= 0.3 is 35.2 Å². The predicted molar refractivity (Wildman–Crippen MR) is 488 cm³/mol. The second-order valence-electron chi connectivity index (χ2n) is 36.8. The smallest absolute Gasteiger partial charge is 0.279 e. The Bertz CT molecular complexity index is 4300. The van der Waals surface area contributed by atoms with E-state index in [4.69, 9.17) is 9.98 Å². The molecule has 117 heavy (non-hydrogen) atoms. The molecular formula is C100H139N11O6. The summed E-state index contributed by atoms with van der Waals surface area (Å²) in [6.07, 6.45) is 9.98. The molecule has 6 aromatic carbocycles. The minimum atomic E-state index is -0.611. The van der Waals surface area contributed by atoms with Crippen LogP contribution < -0.4 is 31.8 Å². The monoisotopic (exact) mass is 1590 g/mol. The molecule has 0 unspecified atom stereocenters. The topological polar surface area (TPSA) is 161 Å². The number of unbranched alkanes of at least 4 members (excludes halogenated alkanes) is 9. The molecule has 3 fully saturated rings. The minimum absolute atomic E-state index is 0.0483. The van der Waals surface area contributed by atoms with Gasteiger partial charge in [-0.05, 0) is 188 Å². The number of aliphatic imine (C=N–C) groups is 2. The Morgan fingerprint density at radius 1 is 0.248 bits per heavy atom. The maximum absolute atomic E-state index is 14.9. The number of anilines is 3. The highest BCUT2D eigenvalue weighted by Gasteiger charge is 2.48. The highest BCUT2D eigenvalue weighted by Crippen LogP contribution is 2.48. The molecule has 0 radical (unpaired) electrons. The summed E-state index contributed by atoms with van der Waals surface area (Å²) in [5.41, 5.74) is 17.6. The number of nitrogens with zero attached hydrogens (tertiary/aromatic N) is 11. The lowest BCUT2D eigenvalue weighted by Gasteiger charge is -2.47. The van der Waals surface area contributed by atoms with Crippen molar-refractivity contribution in [3.05, 3.63) is 219 Å². The van der Waals surface area contributed by atoms with E-state index in [2.05, 4.69) is 281 Å². The zero-order chi connectivity index (χ0) is 85.3. The summed E-state index contributed by atoms with van der Waals surface area (Å²) < 4.78 is 3.81. The van der Waals surface area contributed by atoms with Gasteiger partial charge < -0.3 is 0 Å². The third kappa shape index (κ3) is 19.3. The number of benzene rings is 6. The first-order valence-corrected chi connectivity index (χ1v) is 44.6. The number of aromatic nitrogens is 3. The number of carbonyl (C=O) groups is 3. The molecule has 1 aromatic heterocycles. The van der Waals surface area contributed by atoms with E-state index in [1.54, 1.807) is 0 Å². The Morgan fingerprint density at radius 2 is 0.453 bits per heavy atom. The Kier molecular flexibility index (Phi) is 30.3. The molecule has 10 rings (SSSR count). The third-order valence-corrected chi connectivity index (χ3v) is 24.1. The van der Waals surface area contributed by atoms with Gasteiger partial charge in [-0.1, -0.05) is 314 Å². The summed E-state index contributed by atoms with van der Waals surface area (Å²) in [4.78, 5) is 112. The third-order valence-electron chi connectivity index (χ3n) is 24.1. The van der Waals surface area contributed by atoms with Crippen LogP contribution in [0, 0.1) is 0 Å². The van der Waals surface area contributed by atoms with Gasteiger partial charge in [0.05, 0.1) is 28.4 Å². The van der Waals surface area contributed by atoms with E-state index in [-0.39, 0.29) is 109 Å². The average Bonchev–Trinajstić information content (AvgIpc) is 0.739. The summed E-state index contributed by atoms with van der Waals surface area (Å²) >= 11 is 0. The maximum Gasteiger partial charge on any atom is 0.338 e. The number of rotatable bonds is 39. The van der Waals surface area contributed by atoms with E-state index in [9.17, 15) is 28.8 Å². The lowest BCUT2D eigenvalue weighted by Crippen LogP contribution is -2.65. The number of para-hydroxylation sites is 5. The fraction of sp³-hybridized carbons (Fsp3) is 0.540. The largest absolute Gasteiger partial charge is 0.338 e. The van der Waals surface area contributed by atoms with E-state index >= 15 is 0 Å². The van der Waals surface area contributed by atoms with E-state index in [0.717, 1.165) is 115 Å². The molecule has 4 heterocycles. The molecule has 0 atom stereocenters. The highest BCUT2D eigenvalue weighted by atomic mass is 16.2. The van der Waals surface area contributed by atoms with E-state index < -0.39 is 17.1 Å². The van der Waals surface area contributed by atoms with Crippen LogP contribution in [0.4, 0.5) is 42.8 Å². The first kappa shape index (κ1) is 90.0. The van der Waals surface area contributed by atoms with E-state index in [1.807, 2.05) is 29.4 Å². The molecule has 0 spiro atoms. The predicted octanol–water partition coefficient (Wildman–Crippen LogP) is 25.5. The zero-order valence-corrected chi connectivity index (χ0v) is 75.5. The van der Waals surface area contributed by atoms with Gasteiger partial charge in [-0.2, -0.15) is 0 Å². The van der Waals surface area contributed by atoms with Crippen LogP contribution in [0.3, 0.4) is 0 Å². The molecule has 630 valence electrons. The second kappa shape index (κ2) is 39.5. The molecule has 0 aliphatic carbocycles. The standard InChI is InChI=1S/C100H139N11O6/c1-62(2)74-43-37-44-75(63(3)4)86(74)61-87-103(98(115)109(87)90-80(68(13)14)49-40-50-81(90)69(15)16)55-31-25-28-34-58-106-95(112)107(59-35-29-26-32-56-104-93(101-88-76(64(5)6)45-38-46-77(88)65(7)8)110(99(104)116)91-82(70(17)18)51-41-52-83(91)71(19)20)97(114)108(96(106)113)60-36-30-27-33-57-105-94(102-89-78(66(9)10)47-39-48-79(89)67(11)12)111(100(105)117)92-84(72(21)22)53-42-54-85(92)73(23)24/h37-54,61-73H,25-36,55-60H2,1-24H3/b87-61+,101-93+,102-94?. The van der Waals surface area contributed by atoms with Crippen LogP contribution in [0.25, 0.3) is 6.08 Å². The minimum Gasteiger partial charge on any atom is -0.279 e. The van der Waals surface area contributed by atoms with Gasteiger partial charge in [0.25, 0.3) is 0 Å². The molecule has 0 N–H and O–H groups in total. The molecule has 0 saturated carbocycles. The van der Waals surface area contributed by atoms with E-state index in [1.165, 1.54) is 24.8 Å². The number of carbonyl (C=O) groups excluding carboxylic acids is 3. The maximum atomic E-state index is 14.9. The van der Waals surface area contributed by atoms with Crippen molar-refractivity contribution in [3.8, 4) is 0 Å². The molecule has 0 bridgehead atoms. The van der Waals surface area contributed by atoms with Crippen LogP contribution in [-0.4, -0.2) is 78.0 Å². The van der Waals surface area contributed by atoms with Gasteiger partial charge in [-0.3, -0.25) is 14.7 Å². The van der Waals surface area contributed by atoms with Crippen molar-refractivity contribution in [1.29, 1.82) is 0 Å². The molecule has 3 aliphatic rings. The van der Waals surface area contributed by atoms with Crippen molar-refractivity contribution >= 4 is 64.5 Å². The molecule has 7 aromatic rings.